The van der Waals surface area contributed by atoms with Crippen LogP contribution in [0, 0.1) is 0 Å². The van der Waals surface area contributed by atoms with Gasteiger partial charge in [-0.1, -0.05) is 39.3 Å². The van der Waals surface area contributed by atoms with Gasteiger partial charge in [-0.3, -0.25) is 0 Å². The molecule has 0 aromatic rings. The van der Waals surface area contributed by atoms with E-state index in [4.69, 9.17) is 11.2 Å². The second kappa shape index (κ2) is 7.83. The highest BCUT2D eigenvalue weighted by Crippen LogP contribution is 2.64. The molecule has 0 atom stereocenters. The number of hydrogen-bond acceptors (Lipinski definition) is 0. The van der Waals surface area contributed by atoms with Crippen LogP contribution in [0.4, 0.5) is 0 Å². The van der Waals surface area contributed by atoms with Crippen molar-refractivity contribution in [2.24, 2.45) is 0 Å². The van der Waals surface area contributed by atoms with E-state index in [0.29, 0.717) is 0 Å². The smallest absolute Gasteiger partial charge is 0.0995 e. The summed E-state index contributed by atoms with van der Waals surface area (Å²) in [5.74, 6) is 0. The third-order valence-electron chi connectivity index (χ3n) is 2.28. The van der Waals surface area contributed by atoms with Gasteiger partial charge in [0.1, 0.15) is 6.62 Å². The van der Waals surface area contributed by atoms with Gasteiger partial charge in [-0.2, -0.15) is 0 Å². The number of halogens is 1. The molecule has 0 aliphatic heterocycles. The normalized spacial score (nSPS) is 11.6. The lowest BCUT2D eigenvalue weighted by molar-refractivity contribution is 0.865. The van der Waals surface area contributed by atoms with Gasteiger partial charge in [0, 0.05) is 0 Å². The second-order valence-electron chi connectivity index (χ2n) is 3.65. The van der Waals surface area contributed by atoms with E-state index in [1.165, 1.54) is 38.0 Å². The summed E-state index contributed by atoms with van der Waals surface area (Å²) in [5.41, 5.74) is 0. The summed E-state index contributed by atoms with van der Waals surface area (Å²) in [6.45, 7) is 7.12. The van der Waals surface area contributed by atoms with Gasteiger partial charge in [0.15, 0.2) is 0 Å². The minimum absolute atomic E-state index is 1.06. The predicted molar refractivity (Wildman–Crippen MR) is 67.4 cm³/mol. The highest BCUT2D eigenvalue weighted by Gasteiger charge is 2.32. The Labute approximate surface area is 88.9 Å². The molecule has 2 heteroatoms. The lowest BCUT2D eigenvalue weighted by atomic mass is 10.4. The van der Waals surface area contributed by atoms with Crippen molar-refractivity contribution in [3.05, 3.63) is 12.7 Å². The predicted octanol–water partition coefficient (Wildman–Crippen LogP) is 4.94. The van der Waals surface area contributed by atoms with Crippen LogP contribution in [-0.4, -0.2) is 18.5 Å². The van der Waals surface area contributed by atoms with Gasteiger partial charge in [-0.15, -0.1) is 0 Å². The molecular weight excluding hydrogens is 199 g/mol. The summed E-state index contributed by atoms with van der Waals surface area (Å²) in [6, 6.07) is 0. The molecule has 0 aromatic heterocycles. The van der Waals surface area contributed by atoms with Crippen molar-refractivity contribution in [1.82, 2.24) is 0 Å². The SMILES string of the molecule is C=CC[P+](Cl)(CCCC)CCCC. The zero-order chi connectivity index (χ0) is 10.2. The lowest BCUT2D eigenvalue weighted by Gasteiger charge is -2.16. The Morgan fingerprint density at radius 2 is 1.62 bits per heavy atom. The van der Waals surface area contributed by atoms with Crippen molar-refractivity contribution in [3.63, 3.8) is 0 Å². The van der Waals surface area contributed by atoms with Crippen LogP contribution >= 0.6 is 17.9 Å². The third-order valence-corrected chi connectivity index (χ3v) is 6.86. The fourth-order valence-corrected chi connectivity index (χ4v) is 5.24. The maximum atomic E-state index is 6.64. The quantitative estimate of drug-likeness (QED) is 0.402. The van der Waals surface area contributed by atoms with Gasteiger partial charge in [0.2, 0.25) is 0 Å². The lowest BCUT2D eigenvalue weighted by Crippen LogP contribution is -2.01. The van der Waals surface area contributed by atoms with Gasteiger partial charge in [-0.25, -0.2) is 0 Å². The van der Waals surface area contributed by atoms with Crippen molar-refractivity contribution in [2.75, 3.05) is 18.5 Å². The van der Waals surface area contributed by atoms with E-state index >= 15 is 0 Å². The van der Waals surface area contributed by atoms with E-state index in [0.717, 1.165) is 6.16 Å². The molecule has 0 aliphatic rings. The largest absolute Gasteiger partial charge is 0.117 e. The molecule has 0 saturated carbocycles. The average Bonchev–Trinajstić information content (AvgIpc) is 2.12. The summed E-state index contributed by atoms with van der Waals surface area (Å²) in [6.07, 6.45) is 10.7. The van der Waals surface area contributed by atoms with E-state index in [2.05, 4.69) is 20.4 Å². The molecular formula is C11H23ClP+. The van der Waals surface area contributed by atoms with Gasteiger partial charge in [-0.05, 0) is 12.8 Å². The minimum Gasteiger partial charge on any atom is -0.0995 e. The zero-order valence-electron chi connectivity index (χ0n) is 9.06. The van der Waals surface area contributed by atoms with Crippen LogP contribution in [0.5, 0.6) is 0 Å². The summed E-state index contributed by atoms with van der Waals surface area (Å²) in [4.78, 5) is 0. The molecule has 0 bridgehead atoms. The van der Waals surface area contributed by atoms with Crippen molar-refractivity contribution in [2.45, 2.75) is 39.5 Å². The van der Waals surface area contributed by atoms with Crippen LogP contribution in [0.1, 0.15) is 39.5 Å². The number of unbranched alkanes of at least 4 members (excludes halogenated alkanes) is 2. The monoisotopic (exact) mass is 221 g/mol. The molecule has 0 rings (SSSR count). The second-order valence-corrected chi connectivity index (χ2v) is 9.12. The maximum Gasteiger partial charge on any atom is 0.117 e. The van der Waals surface area contributed by atoms with Crippen molar-refractivity contribution in [1.29, 1.82) is 0 Å². The van der Waals surface area contributed by atoms with Crippen LogP contribution in [0.3, 0.4) is 0 Å². The van der Waals surface area contributed by atoms with E-state index in [1.807, 2.05) is 6.08 Å². The fraction of sp³-hybridized carbons (Fsp3) is 0.818. The molecule has 0 fully saturated rings. The van der Waals surface area contributed by atoms with Gasteiger partial charge >= 0.3 is 0 Å². The first-order chi connectivity index (χ1) is 6.18. The fourth-order valence-electron chi connectivity index (χ4n) is 1.41. The number of hydrogen-bond donors (Lipinski definition) is 0. The molecule has 0 radical (unpaired) electrons. The van der Waals surface area contributed by atoms with Crippen molar-refractivity contribution in [3.8, 4) is 0 Å². The van der Waals surface area contributed by atoms with E-state index < -0.39 is 6.62 Å². The molecule has 0 nitrogen and oxygen atoms in total. The molecule has 0 N–H and O–H groups in total. The summed E-state index contributed by atoms with van der Waals surface area (Å²) in [7, 11) is 0. The van der Waals surface area contributed by atoms with Crippen LogP contribution in [0.2, 0.25) is 0 Å². The Hall–Kier alpha value is 0.460. The van der Waals surface area contributed by atoms with Crippen molar-refractivity contribution < 1.29 is 0 Å². The molecule has 78 valence electrons. The van der Waals surface area contributed by atoms with Gasteiger partial charge in [0.05, 0.1) is 29.7 Å². The Morgan fingerprint density at radius 1 is 1.15 bits per heavy atom. The summed E-state index contributed by atoms with van der Waals surface area (Å²) >= 11 is 6.64. The Bertz CT molecular complexity index is 126. The van der Waals surface area contributed by atoms with Crippen LogP contribution in [0.15, 0.2) is 12.7 Å². The summed E-state index contributed by atoms with van der Waals surface area (Å²) in [5, 5.41) is 0. The standard InChI is InChI=1S/C11H23ClP/c1-4-7-10-13(12,9-6-3)11-8-5-2/h6H,3-5,7-11H2,1-2H3/q+1. The van der Waals surface area contributed by atoms with Crippen LogP contribution < -0.4 is 0 Å². The van der Waals surface area contributed by atoms with E-state index in [1.54, 1.807) is 0 Å². The van der Waals surface area contributed by atoms with E-state index in [9.17, 15) is 0 Å². The Kier molecular flexibility index (Phi) is 8.10. The molecule has 0 unspecified atom stereocenters. The number of rotatable bonds is 8. The van der Waals surface area contributed by atoms with E-state index in [-0.39, 0.29) is 0 Å². The molecule has 0 heterocycles. The Balaban J connectivity index is 3.90. The average molecular weight is 222 g/mol. The molecule has 13 heavy (non-hydrogen) atoms. The van der Waals surface area contributed by atoms with Crippen LogP contribution in [0.25, 0.3) is 0 Å². The van der Waals surface area contributed by atoms with Gasteiger partial charge in [0.25, 0.3) is 0 Å². The number of allylic oxidation sites excluding steroid dienone is 1. The zero-order valence-corrected chi connectivity index (χ0v) is 10.7. The molecule has 0 spiro atoms. The minimum atomic E-state index is -1.15. The topological polar surface area (TPSA) is 0 Å². The highest BCUT2D eigenvalue weighted by molar-refractivity contribution is 7.99. The Morgan fingerprint density at radius 3 is 1.92 bits per heavy atom. The maximum absolute atomic E-state index is 6.64. The van der Waals surface area contributed by atoms with Crippen LogP contribution in [-0.2, 0) is 0 Å². The van der Waals surface area contributed by atoms with Gasteiger partial charge < -0.3 is 0 Å². The molecule has 0 aromatic carbocycles. The molecule has 0 aliphatic carbocycles. The molecule has 0 saturated heterocycles. The molecule has 0 amide bonds. The first-order valence-electron chi connectivity index (χ1n) is 5.35. The highest BCUT2D eigenvalue weighted by atomic mass is 35.7. The summed E-state index contributed by atoms with van der Waals surface area (Å²) < 4.78 is 0. The third kappa shape index (κ3) is 6.52. The first-order valence-corrected chi connectivity index (χ1v) is 8.60. The first kappa shape index (κ1) is 13.5. The van der Waals surface area contributed by atoms with Crippen molar-refractivity contribution >= 4 is 17.9 Å².